The van der Waals surface area contributed by atoms with E-state index in [9.17, 15) is 13.2 Å². The van der Waals surface area contributed by atoms with Gasteiger partial charge >= 0.3 is 0 Å². The Balaban J connectivity index is 1.86. The van der Waals surface area contributed by atoms with Crippen LogP contribution in [0.3, 0.4) is 0 Å². The molecular weight excluding hydrogens is 338 g/mol. The van der Waals surface area contributed by atoms with Gasteiger partial charge in [-0.3, -0.25) is 9.52 Å². The van der Waals surface area contributed by atoms with Crippen molar-refractivity contribution < 1.29 is 17.9 Å². The Bertz CT molecular complexity index is 828. The highest BCUT2D eigenvalue weighted by atomic mass is 32.2. The first-order chi connectivity index (χ1) is 11.0. The van der Waals surface area contributed by atoms with E-state index in [1.54, 1.807) is 12.1 Å². The van der Waals surface area contributed by atoms with Crippen LogP contribution in [0.1, 0.15) is 21.8 Å². The number of aryl methyl sites for hydroxylation is 1. The Morgan fingerprint density at radius 2 is 2.04 bits per heavy atom. The third-order valence-corrected chi connectivity index (χ3v) is 5.87. The van der Waals surface area contributed by atoms with Crippen molar-refractivity contribution in [1.82, 2.24) is 10.3 Å². The number of carbonyl (C=O) groups excluding carboxylic acids is 1. The number of nitrogens with one attached hydrogen (secondary N) is 2. The van der Waals surface area contributed by atoms with Gasteiger partial charge in [0.25, 0.3) is 15.9 Å². The van der Waals surface area contributed by atoms with Gasteiger partial charge in [-0.05, 0) is 37.1 Å². The number of aromatic nitrogens is 1. The van der Waals surface area contributed by atoms with Crippen LogP contribution in [0.5, 0.6) is 5.75 Å². The summed E-state index contributed by atoms with van der Waals surface area (Å²) in [4.78, 5) is 16.7. The molecule has 0 bridgehead atoms. The molecular formula is C14H15N3O4S2. The fraction of sp³-hybridized carbons (Fsp3) is 0.286. The van der Waals surface area contributed by atoms with E-state index in [1.165, 1.54) is 19.2 Å². The zero-order valence-electron chi connectivity index (χ0n) is 12.3. The molecule has 0 saturated carbocycles. The predicted molar refractivity (Wildman–Crippen MR) is 86.6 cm³/mol. The second-order valence-corrected chi connectivity index (χ2v) is 7.62. The number of hydrogen-bond donors (Lipinski definition) is 2. The highest BCUT2D eigenvalue weighted by molar-refractivity contribution is 7.93. The average molecular weight is 353 g/mol. The lowest BCUT2D eigenvalue weighted by atomic mass is 10.2. The summed E-state index contributed by atoms with van der Waals surface area (Å²) in [6, 6.07) is 6.04. The van der Waals surface area contributed by atoms with E-state index in [4.69, 9.17) is 4.74 Å². The molecule has 122 valence electrons. The normalized spacial score (nSPS) is 14.6. The van der Waals surface area contributed by atoms with Gasteiger partial charge < -0.3 is 10.1 Å². The topological polar surface area (TPSA) is 97.4 Å². The van der Waals surface area contributed by atoms with Crippen LogP contribution in [0.25, 0.3) is 0 Å². The summed E-state index contributed by atoms with van der Waals surface area (Å²) in [5.74, 6) is 0.367. The number of ether oxygens (including phenoxy) is 1. The molecule has 0 unspecified atom stereocenters. The molecule has 0 spiro atoms. The maximum atomic E-state index is 12.4. The zero-order chi connectivity index (χ0) is 16.4. The molecule has 2 aromatic rings. The molecule has 1 aliphatic heterocycles. The Labute approximate surface area is 137 Å². The summed E-state index contributed by atoms with van der Waals surface area (Å²) in [6.45, 7) is 0.606. The van der Waals surface area contributed by atoms with Crippen molar-refractivity contribution in [1.29, 1.82) is 0 Å². The summed E-state index contributed by atoms with van der Waals surface area (Å²) in [5.41, 5.74) is 0.637. The van der Waals surface area contributed by atoms with Crippen LogP contribution in [0.2, 0.25) is 0 Å². The molecule has 1 amide bonds. The van der Waals surface area contributed by atoms with Crippen molar-refractivity contribution in [2.75, 3.05) is 18.4 Å². The van der Waals surface area contributed by atoms with Crippen molar-refractivity contribution in [3.63, 3.8) is 0 Å². The molecule has 3 rings (SSSR count). The van der Waals surface area contributed by atoms with Crippen molar-refractivity contribution in [3.8, 4) is 5.75 Å². The number of nitrogens with zero attached hydrogens (tertiary/aromatic N) is 1. The van der Waals surface area contributed by atoms with E-state index in [-0.39, 0.29) is 15.9 Å². The van der Waals surface area contributed by atoms with Gasteiger partial charge in [0.05, 0.1) is 17.7 Å². The molecule has 1 aromatic heterocycles. The van der Waals surface area contributed by atoms with Crippen LogP contribution in [0, 0.1) is 0 Å². The summed E-state index contributed by atoms with van der Waals surface area (Å²) in [7, 11) is -2.24. The minimum Gasteiger partial charge on any atom is -0.497 e. The highest BCUT2D eigenvalue weighted by Crippen LogP contribution is 2.27. The third-order valence-electron chi connectivity index (χ3n) is 3.37. The van der Waals surface area contributed by atoms with E-state index < -0.39 is 10.0 Å². The van der Waals surface area contributed by atoms with Gasteiger partial charge in [0.15, 0.2) is 5.13 Å². The molecule has 23 heavy (non-hydrogen) atoms. The first kappa shape index (κ1) is 15.8. The van der Waals surface area contributed by atoms with Crippen LogP contribution in [-0.4, -0.2) is 33.0 Å². The quantitative estimate of drug-likeness (QED) is 0.871. The van der Waals surface area contributed by atoms with Gasteiger partial charge in [0.2, 0.25) is 0 Å². The molecule has 0 aliphatic carbocycles. The van der Waals surface area contributed by atoms with Crippen molar-refractivity contribution in [2.24, 2.45) is 0 Å². The fourth-order valence-corrected chi connectivity index (χ4v) is 4.37. The SMILES string of the molecule is COc1ccc(S(=O)(=O)Nc2nc3c(s2)C(=O)NCCC3)cc1. The number of amides is 1. The van der Waals surface area contributed by atoms with Crippen LogP contribution < -0.4 is 14.8 Å². The van der Waals surface area contributed by atoms with Gasteiger partial charge in [-0.1, -0.05) is 11.3 Å². The number of carbonyl (C=O) groups is 1. The van der Waals surface area contributed by atoms with E-state index in [1.807, 2.05) is 0 Å². The number of hydrogen-bond acceptors (Lipinski definition) is 6. The molecule has 2 N–H and O–H groups in total. The molecule has 7 nitrogen and oxygen atoms in total. The summed E-state index contributed by atoms with van der Waals surface area (Å²) < 4.78 is 32.2. The Morgan fingerprint density at radius 1 is 1.30 bits per heavy atom. The number of rotatable bonds is 4. The van der Waals surface area contributed by atoms with Crippen LogP contribution in [-0.2, 0) is 16.4 Å². The number of fused-ring (bicyclic) bond motifs is 1. The van der Waals surface area contributed by atoms with Gasteiger partial charge in [0, 0.05) is 6.54 Å². The van der Waals surface area contributed by atoms with E-state index in [0.717, 1.165) is 17.8 Å². The van der Waals surface area contributed by atoms with Crippen LogP contribution >= 0.6 is 11.3 Å². The van der Waals surface area contributed by atoms with Crippen molar-refractivity contribution in [3.05, 3.63) is 34.8 Å². The number of benzene rings is 1. The van der Waals surface area contributed by atoms with Gasteiger partial charge in [-0.15, -0.1) is 0 Å². The number of methoxy groups -OCH3 is 1. The van der Waals surface area contributed by atoms with E-state index in [0.29, 0.717) is 29.3 Å². The Kier molecular flexibility index (Phi) is 4.22. The summed E-state index contributed by atoms with van der Waals surface area (Å²) in [6.07, 6.45) is 1.43. The average Bonchev–Trinajstić information content (AvgIpc) is 2.85. The standard InChI is InChI=1S/C14H15N3O4S2/c1-21-9-4-6-10(7-5-9)23(19,20)17-14-16-11-3-2-8-15-13(18)12(11)22-14/h4-7H,2-3,8H2,1H3,(H,15,18)(H,16,17). The minimum atomic E-state index is -3.75. The van der Waals surface area contributed by atoms with Crippen molar-refractivity contribution in [2.45, 2.75) is 17.7 Å². The third kappa shape index (κ3) is 3.30. The van der Waals surface area contributed by atoms with E-state index in [2.05, 4.69) is 15.0 Å². The fourth-order valence-electron chi connectivity index (χ4n) is 2.21. The highest BCUT2D eigenvalue weighted by Gasteiger charge is 2.23. The second-order valence-electron chi connectivity index (χ2n) is 4.94. The van der Waals surface area contributed by atoms with Gasteiger partial charge in [-0.25, -0.2) is 13.4 Å². The zero-order valence-corrected chi connectivity index (χ0v) is 14.0. The van der Waals surface area contributed by atoms with E-state index >= 15 is 0 Å². The van der Waals surface area contributed by atoms with Gasteiger partial charge in [-0.2, -0.15) is 0 Å². The Morgan fingerprint density at radius 3 is 2.74 bits per heavy atom. The molecule has 9 heteroatoms. The second kappa shape index (κ2) is 6.17. The lowest BCUT2D eigenvalue weighted by Gasteiger charge is -2.06. The number of anilines is 1. The first-order valence-electron chi connectivity index (χ1n) is 6.94. The molecule has 0 radical (unpaired) electrons. The molecule has 1 aliphatic rings. The monoisotopic (exact) mass is 353 g/mol. The van der Waals surface area contributed by atoms with Crippen molar-refractivity contribution >= 4 is 32.4 Å². The first-order valence-corrected chi connectivity index (χ1v) is 9.24. The number of sulfonamides is 1. The predicted octanol–water partition coefficient (Wildman–Crippen LogP) is 1.63. The smallest absolute Gasteiger partial charge is 0.263 e. The molecule has 1 aromatic carbocycles. The molecule has 2 heterocycles. The Hall–Kier alpha value is -2.13. The summed E-state index contributed by atoms with van der Waals surface area (Å²) >= 11 is 1.05. The van der Waals surface area contributed by atoms with Gasteiger partial charge in [0.1, 0.15) is 10.6 Å². The summed E-state index contributed by atoms with van der Waals surface area (Å²) in [5, 5.41) is 2.96. The lowest BCUT2D eigenvalue weighted by molar-refractivity contribution is 0.0960. The largest absolute Gasteiger partial charge is 0.497 e. The maximum Gasteiger partial charge on any atom is 0.263 e. The molecule has 0 fully saturated rings. The lowest BCUT2D eigenvalue weighted by Crippen LogP contribution is -2.21. The minimum absolute atomic E-state index is 0.105. The maximum absolute atomic E-state index is 12.4. The number of thiazole rings is 1. The van der Waals surface area contributed by atoms with Crippen LogP contribution in [0.4, 0.5) is 5.13 Å². The molecule has 0 saturated heterocycles. The molecule has 0 atom stereocenters. The van der Waals surface area contributed by atoms with Crippen LogP contribution in [0.15, 0.2) is 29.2 Å².